The van der Waals surface area contributed by atoms with Crippen molar-refractivity contribution in [1.29, 1.82) is 0 Å². The summed E-state index contributed by atoms with van der Waals surface area (Å²) in [6.07, 6.45) is 3.17. The van der Waals surface area contributed by atoms with Crippen molar-refractivity contribution in [1.82, 2.24) is 9.63 Å². The Kier molecular flexibility index (Phi) is 3.87. The molecule has 2 atom stereocenters. The number of hydrogen-bond acceptors (Lipinski definition) is 4. The van der Waals surface area contributed by atoms with Gasteiger partial charge in [-0.25, -0.2) is 4.79 Å². The zero-order valence-electron chi connectivity index (χ0n) is 12.6. The maximum atomic E-state index is 11.6. The summed E-state index contributed by atoms with van der Waals surface area (Å²) in [6.45, 7) is 3.65. The van der Waals surface area contributed by atoms with Gasteiger partial charge in [-0.1, -0.05) is 13.0 Å². The Bertz CT molecular complexity index is 688. The molecule has 0 radical (unpaired) electrons. The lowest BCUT2D eigenvalue weighted by Gasteiger charge is -2.33. The molecule has 0 bridgehead atoms. The van der Waals surface area contributed by atoms with Crippen LogP contribution in [0.5, 0.6) is 0 Å². The second-order valence-electron chi connectivity index (χ2n) is 5.98. The highest BCUT2D eigenvalue weighted by Gasteiger charge is 2.27. The van der Waals surface area contributed by atoms with E-state index in [9.17, 15) is 10.0 Å². The van der Waals surface area contributed by atoms with Gasteiger partial charge in [-0.05, 0) is 48.8 Å². The van der Waals surface area contributed by atoms with E-state index in [1.807, 2.05) is 12.1 Å². The van der Waals surface area contributed by atoms with Crippen LogP contribution in [0.3, 0.4) is 0 Å². The minimum Gasteiger partial charge on any atom is -0.408 e. The van der Waals surface area contributed by atoms with Gasteiger partial charge in [-0.2, -0.15) is 5.06 Å². The molecule has 114 valence electrons. The average molecular weight is 290 g/mol. The highest BCUT2D eigenvalue weighted by Crippen LogP contribution is 2.34. The molecular formula is C16H22N2O3. The fourth-order valence-corrected chi connectivity index (χ4v) is 3.54. The largest absolute Gasteiger partial charge is 0.419 e. The molecule has 3 rings (SSSR count). The Morgan fingerprint density at radius 1 is 1.48 bits per heavy atom. The quantitative estimate of drug-likeness (QED) is 0.944. The predicted octanol–water partition coefficient (Wildman–Crippen LogP) is 2.73. The van der Waals surface area contributed by atoms with E-state index in [1.165, 1.54) is 15.2 Å². The molecule has 1 aromatic heterocycles. The van der Waals surface area contributed by atoms with E-state index in [2.05, 4.69) is 13.0 Å². The van der Waals surface area contributed by atoms with Crippen LogP contribution in [0.1, 0.15) is 37.7 Å². The van der Waals surface area contributed by atoms with E-state index in [4.69, 9.17) is 4.42 Å². The van der Waals surface area contributed by atoms with Gasteiger partial charge in [0, 0.05) is 20.1 Å². The number of piperidine rings is 1. The summed E-state index contributed by atoms with van der Waals surface area (Å²) < 4.78 is 6.81. The predicted molar refractivity (Wildman–Crippen MR) is 80.6 cm³/mol. The molecule has 0 spiro atoms. The number of aryl methyl sites for hydroxylation is 1. The number of nitrogens with zero attached hydrogens (tertiary/aromatic N) is 2. The summed E-state index contributed by atoms with van der Waals surface area (Å²) in [4.78, 5) is 11.6. The van der Waals surface area contributed by atoms with Gasteiger partial charge in [-0.15, -0.1) is 0 Å². The molecule has 5 nitrogen and oxygen atoms in total. The first-order chi connectivity index (χ1) is 10.1. The van der Waals surface area contributed by atoms with Crippen molar-refractivity contribution in [3.63, 3.8) is 0 Å². The fraction of sp³-hybridized carbons (Fsp3) is 0.562. The lowest BCUT2D eigenvalue weighted by molar-refractivity contribution is -0.120. The van der Waals surface area contributed by atoms with Gasteiger partial charge >= 0.3 is 5.76 Å². The molecule has 0 aliphatic carbocycles. The minimum absolute atomic E-state index is 0.325. The SMILES string of the molecule is CCC(c1ccc2c(c1)oc(=O)n2C)C1CCCN(O)C1. The molecule has 21 heavy (non-hydrogen) atoms. The molecule has 2 aromatic rings. The number of oxazole rings is 1. The van der Waals surface area contributed by atoms with E-state index in [0.717, 1.165) is 37.9 Å². The lowest BCUT2D eigenvalue weighted by Crippen LogP contribution is -2.35. The van der Waals surface area contributed by atoms with Gasteiger partial charge in [-0.3, -0.25) is 4.57 Å². The van der Waals surface area contributed by atoms with Gasteiger partial charge in [0.25, 0.3) is 0 Å². The minimum atomic E-state index is -0.325. The van der Waals surface area contributed by atoms with Crippen LogP contribution < -0.4 is 5.76 Å². The van der Waals surface area contributed by atoms with Crippen LogP contribution >= 0.6 is 0 Å². The second kappa shape index (κ2) is 5.66. The van der Waals surface area contributed by atoms with Crippen LogP contribution in [0.4, 0.5) is 0 Å². The summed E-state index contributed by atoms with van der Waals surface area (Å²) in [5, 5.41) is 11.2. The first-order valence-electron chi connectivity index (χ1n) is 7.63. The van der Waals surface area contributed by atoms with E-state index < -0.39 is 0 Å². The summed E-state index contributed by atoms with van der Waals surface area (Å²) >= 11 is 0. The smallest absolute Gasteiger partial charge is 0.408 e. The van der Waals surface area contributed by atoms with Crippen molar-refractivity contribution in [3.8, 4) is 0 Å². The number of hydrogen-bond donors (Lipinski definition) is 1. The van der Waals surface area contributed by atoms with E-state index in [1.54, 1.807) is 7.05 Å². The summed E-state index contributed by atoms with van der Waals surface area (Å²) in [7, 11) is 1.72. The van der Waals surface area contributed by atoms with Crippen molar-refractivity contribution in [2.75, 3.05) is 13.1 Å². The number of aromatic nitrogens is 1. The molecule has 1 fully saturated rings. The maximum Gasteiger partial charge on any atom is 0.419 e. The molecule has 1 saturated heterocycles. The van der Waals surface area contributed by atoms with E-state index in [-0.39, 0.29) is 5.76 Å². The van der Waals surface area contributed by atoms with Crippen molar-refractivity contribution in [3.05, 3.63) is 34.3 Å². The van der Waals surface area contributed by atoms with Crippen LogP contribution in [-0.2, 0) is 7.05 Å². The molecule has 1 aliphatic rings. The van der Waals surface area contributed by atoms with Gasteiger partial charge in [0.2, 0.25) is 0 Å². The van der Waals surface area contributed by atoms with Gasteiger partial charge in [0.15, 0.2) is 5.58 Å². The third kappa shape index (κ3) is 2.63. The molecule has 1 aromatic carbocycles. The van der Waals surface area contributed by atoms with Crippen molar-refractivity contribution >= 4 is 11.1 Å². The van der Waals surface area contributed by atoms with Crippen LogP contribution in [0.15, 0.2) is 27.4 Å². The second-order valence-corrected chi connectivity index (χ2v) is 5.98. The van der Waals surface area contributed by atoms with Crippen molar-refractivity contribution in [2.24, 2.45) is 13.0 Å². The van der Waals surface area contributed by atoms with Crippen LogP contribution in [-0.4, -0.2) is 27.9 Å². The first kappa shape index (κ1) is 14.4. The Morgan fingerprint density at radius 3 is 3.00 bits per heavy atom. The standard InChI is InChI=1S/C16H22N2O3/c1-3-13(12-5-4-8-18(20)10-12)11-6-7-14-15(9-11)21-16(19)17(14)2/h6-7,9,12-13,20H,3-5,8,10H2,1-2H3. The van der Waals surface area contributed by atoms with E-state index in [0.29, 0.717) is 17.4 Å². The average Bonchev–Trinajstić information content (AvgIpc) is 2.75. The molecular weight excluding hydrogens is 268 g/mol. The lowest BCUT2D eigenvalue weighted by atomic mass is 9.80. The van der Waals surface area contributed by atoms with Crippen molar-refractivity contribution in [2.45, 2.75) is 32.1 Å². The van der Waals surface area contributed by atoms with Crippen LogP contribution in [0.25, 0.3) is 11.1 Å². The Labute approximate surface area is 123 Å². The monoisotopic (exact) mass is 290 g/mol. The molecule has 1 N–H and O–H groups in total. The van der Waals surface area contributed by atoms with E-state index >= 15 is 0 Å². The topological polar surface area (TPSA) is 58.6 Å². The summed E-state index contributed by atoms with van der Waals surface area (Å²) in [5.74, 6) is 0.505. The number of fused-ring (bicyclic) bond motifs is 1. The fourth-order valence-electron chi connectivity index (χ4n) is 3.54. The number of rotatable bonds is 3. The zero-order chi connectivity index (χ0) is 15.0. The number of benzene rings is 1. The number of hydroxylamine groups is 2. The summed E-state index contributed by atoms with van der Waals surface area (Å²) in [6, 6.07) is 6.03. The zero-order valence-corrected chi connectivity index (χ0v) is 12.6. The van der Waals surface area contributed by atoms with Crippen LogP contribution in [0.2, 0.25) is 0 Å². The van der Waals surface area contributed by atoms with Gasteiger partial charge in [0.1, 0.15) is 0 Å². The first-order valence-corrected chi connectivity index (χ1v) is 7.63. The third-order valence-electron chi connectivity index (χ3n) is 4.69. The molecule has 5 heteroatoms. The highest BCUT2D eigenvalue weighted by molar-refractivity contribution is 5.73. The summed E-state index contributed by atoms with van der Waals surface area (Å²) in [5.41, 5.74) is 2.67. The van der Waals surface area contributed by atoms with Crippen molar-refractivity contribution < 1.29 is 9.62 Å². The van der Waals surface area contributed by atoms with Crippen LogP contribution in [0, 0.1) is 5.92 Å². The Morgan fingerprint density at radius 2 is 2.29 bits per heavy atom. The third-order valence-corrected chi connectivity index (χ3v) is 4.69. The Hall–Kier alpha value is -1.59. The maximum absolute atomic E-state index is 11.6. The molecule has 2 heterocycles. The van der Waals surface area contributed by atoms with Gasteiger partial charge in [0.05, 0.1) is 5.52 Å². The molecule has 0 saturated carbocycles. The molecule has 1 aliphatic heterocycles. The molecule has 0 amide bonds. The van der Waals surface area contributed by atoms with Gasteiger partial charge < -0.3 is 9.62 Å². The normalized spacial score (nSPS) is 21.8. The Balaban J connectivity index is 1.95. The molecule has 2 unspecified atom stereocenters. The highest BCUT2D eigenvalue weighted by atomic mass is 16.5.